The summed E-state index contributed by atoms with van der Waals surface area (Å²) in [6.45, 7) is 2.08. The molecule has 0 spiro atoms. The van der Waals surface area contributed by atoms with Crippen LogP contribution in [0.25, 0.3) is 0 Å². The Balaban J connectivity index is 2.25. The Bertz CT molecular complexity index is 620. The van der Waals surface area contributed by atoms with Gasteiger partial charge in [-0.15, -0.1) is 0 Å². The Hall–Kier alpha value is -2.49. The minimum absolute atomic E-state index is 0.167. The number of carbonyl (C=O) groups is 1. The van der Waals surface area contributed by atoms with Gasteiger partial charge in [-0.05, 0) is 24.6 Å². The number of benzene rings is 2. The summed E-state index contributed by atoms with van der Waals surface area (Å²) in [6, 6.07) is 12.5. The van der Waals surface area contributed by atoms with Crippen LogP contribution in [0.4, 0.5) is 0 Å². The maximum Gasteiger partial charge on any atom is 0.339 e. The van der Waals surface area contributed by atoms with Crippen LogP contribution in [-0.2, 0) is 6.61 Å². The summed E-state index contributed by atoms with van der Waals surface area (Å²) in [5, 5.41) is 9.18. The first kappa shape index (κ1) is 13.9. The molecule has 4 heteroatoms. The average molecular weight is 272 g/mol. The molecular weight excluding hydrogens is 256 g/mol. The maximum atomic E-state index is 11.2. The fourth-order valence-electron chi connectivity index (χ4n) is 1.98. The van der Waals surface area contributed by atoms with Crippen molar-refractivity contribution >= 4 is 5.97 Å². The van der Waals surface area contributed by atoms with E-state index in [0.29, 0.717) is 5.75 Å². The highest BCUT2D eigenvalue weighted by Crippen LogP contribution is 2.26. The van der Waals surface area contributed by atoms with Crippen LogP contribution >= 0.6 is 0 Å². The summed E-state index contributed by atoms with van der Waals surface area (Å²) in [5.41, 5.74) is 1.83. The molecule has 1 N–H and O–H groups in total. The van der Waals surface area contributed by atoms with Crippen molar-refractivity contribution in [3.63, 3.8) is 0 Å². The van der Waals surface area contributed by atoms with E-state index in [0.717, 1.165) is 16.9 Å². The van der Waals surface area contributed by atoms with Crippen molar-refractivity contribution in [1.82, 2.24) is 0 Å². The standard InChI is InChI=1S/C16H16O4/c1-11-6-5-8-13(16(17)18)15(11)20-10-12-7-3-4-9-14(12)19-2/h3-9H,10H2,1-2H3,(H,17,18). The van der Waals surface area contributed by atoms with Crippen LogP contribution in [0.15, 0.2) is 42.5 Å². The zero-order chi connectivity index (χ0) is 14.5. The minimum Gasteiger partial charge on any atom is -0.496 e. The van der Waals surface area contributed by atoms with Crippen LogP contribution in [-0.4, -0.2) is 18.2 Å². The first-order valence-electron chi connectivity index (χ1n) is 6.21. The van der Waals surface area contributed by atoms with E-state index in [4.69, 9.17) is 9.47 Å². The van der Waals surface area contributed by atoms with Crippen LogP contribution in [0.3, 0.4) is 0 Å². The van der Waals surface area contributed by atoms with E-state index in [-0.39, 0.29) is 12.2 Å². The van der Waals surface area contributed by atoms with Crippen molar-refractivity contribution < 1.29 is 19.4 Å². The average Bonchev–Trinajstić information content (AvgIpc) is 2.46. The Morgan fingerprint density at radius 1 is 1.15 bits per heavy atom. The minimum atomic E-state index is -0.997. The first-order valence-corrected chi connectivity index (χ1v) is 6.21. The SMILES string of the molecule is COc1ccccc1COc1c(C)cccc1C(=O)O. The molecule has 104 valence electrons. The molecule has 0 radical (unpaired) electrons. The van der Waals surface area contributed by atoms with Crippen molar-refractivity contribution in [3.05, 3.63) is 59.2 Å². The van der Waals surface area contributed by atoms with Crippen molar-refractivity contribution in [2.45, 2.75) is 13.5 Å². The third-order valence-electron chi connectivity index (χ3n) is 3.01. The molecule has 0 unspecified atom stereocenters. The Morgan fingerprint density at radius 2 is 1.90 bits per heavy atom. The number of hydrogen-bond acceptors (Lipinski definition) is 3. The van der Waals surface area contributed by atoms with Gasteiger partial charge in [0.2, 0.25) is 0 Å². The number of aryl methyl sites for hydroxylation is 1. The van der Waals surface area contributed by atoms with Gasteiger partial charge < -0.3 is 14.6 Å². The highest BCUT2D eigenvalue weighted by atomic mass is 16.5. The van der Waals surface area contributed by atoms with Gasteiger partial charge in [0.1, 0.15) is 23.7 Å². The highest BCUT2D eigenvalue weighted by molar-refractivity contribution is 5.91. The van der Waals surface area contributed by atoms with E-state index in [1.165, 1.54) is 6.07 Å². The molecule has 20 heavy (non-hydrogen) atoms. The van der Waals surface area contributed by atoms with Crippen molar-refractivity contribution in [2.75, 3.05) is 7.11 Å². The predicted molar refractivity (Wildman–Crippen MR) is 75.5 cm³/mol. The number of rotatable bonds is 5. The molecular formula is C16H16O4. The molecule has 0 fully saturated rings. The molecule has 0 atom stereocenters. The lowest BCUT2D eigenvalue weighted by atomic mass is 10.1. The zero-order valence-corrected chi connectivity index (χ0v) is 11.4. The molecule has 0 aliphatic carbocycles. The second-order valence-electron chi connectivity index (χ2n) is 4.36. The van der Waals surface area contributed by atoms with Gasteiger partial charge in [0.15, 0.2) is 0 Å². The molecule has 0 saturated carbocycles. The third kappa shape index (κ3) is 2.91. The van der Waals surface area contributed by atoms with Crippen molar-refractivity contribution in [1.29, 1.82) is 0 Å². The fraction of sp³-hybridized carbons (Fsp3) is 0.188. The van der Waals surface area contributed by atoms with Gasteiger partial charge in [-0.1, -0.05) is 30.3 Å². The molecule has 0 bridgehead atoms. The van der Waals surface area contributed by atoms with E-state index >= 15 is 0 Å². The van der Waals surface area contributed by atoms with Crippen LogP contribution < -0.4 is 9.47 Å². The quantitative estimate of drug-likeness (QED) is 0.907. The number of para-hydroxylation sites is 2. The largest absolute Gasteiger partial charge is 0.496 e. The molecule has 0 amide bonds. The zero-order valence-electron chi connectivity index (χ0n) is 11.4. The van der Waals surface area contributed by atoms with Gasteiger partial charge in [0, 0.05) is 5.56 Å². The van der Waals surface area contributed by atoms with Crippen LogP contribution in [0.1, 0.15) is 21.5 Å². The summed E-state index contributed by atoms with van der Waals surface area (Å²) < 4.78 is 10.9. The molecule has 0 heterocycles. The van der Waals surface area contributed by atoms with E-state index in [2.05, 4.69) is 0 Å². The summed E-state index contributed by atoms with van der Waals surface area (Å²) in [4.78, 5) is 11.2. The highest BCUT2D eigenvalue weighted by Gasteiger charge is 2.14. The number of aromatic carboxylic acids is 1. The molecule has 0 aromatic heterocycles. The van der Waals surface area contributed by atoms with Gasteiger partial charge in [-0.25, -0.2) is 4.79 Å². The lowest BCUT2D eigenvalue weighted by Crippen LogP contribution is -2.05. The molecule has 0 aliphatic heterocycles. The Labute approximate surface area is 117 Å². The van der Waals surface area contributed by atoms with E-state index in [1.807, 2.05) is 37.3 Å². The number of ether oxygens (including phenoxy) is 2. The number of hydrogen-bond donors (Lipinski definition) is 1. The second kappa shape index (κ2) is 6.10. The lowest BCUT2D eigenvalue weighted by Gasteiger charge is -2.13. The summed E-state index contributed by atoms with van der Waals surface area (Å²) >= 11 is 0. The number of carboxylic acids is 1. The number of carboxylic acid groups (broad SMARTS) is 1. The second-order valence-corrected chi connectivity index (χ2v) is 4.36. The van der Waals surface area contributed by atoms with Crippen LogP contribution in [0.2, 0.25) is 0 Å². The van der Waals surface area contributed by atoms with E-state index in [1.54, 1.807) is 13.2 Å². The van der Waals surface area contributed by atoms with Gasteiger partial charge in [-0.2, -0.15) is 0 Å². The molecule has 2 rings (SSSR count). The fourth-order valence-corrected chi connectivity index (χ4v) is 1.98. The van der Waals surface area contributed by atoms with Gasteiger partial charge in [0.25, 0.3) is 0 Å². The number of methoxy groups -OCH3 is 1. The summed E-state index contributed by atoms with van der Waals surface area (Å²) in [7, 11) is 1.59. The predicted octanol–water partition coefficient (Wildman–Crippen LogP) is 3.28. The third-order valence-corrected chi connectivity index (χ3v) is 3.01. The molecule has 4 nitrogen and oxygen atoms in total. The van der Waals surface area contributed by atoms with Crippen LogP contribution in [0.5, 0.6) is 11.5 Å². The smallest absolute Gasteiger partial charge is 0.339 e. The normalized spacial score (nSPS) is 10.1. The maximum absolute atomic E-state index is 11.2. The van der Waals surface area contributed by atoms with Gasteiger partial charge in [-0.3, -0.25) is 0 Å². The first-order chi connectivity index (χ1) is 9.63. The van der Waals surface area contributed by atoms with E-state index in [9.17, 15) is 9.90 Å². The molecule has 2 aromatic rings. The Kier molecular flexibility index (Phi) is 4.25. The molecule has 0 saturated heterocycles. The van der Waals surface area contributed by atoms with Crippen molar-refractivity contribution in [2.24, 2.45) is 0 Å². The summed E-state index contributed by atoms with van der Waals surface area (Å²) in [6.07, 6.45) is 0. The van der Waals surface area contributed by atoms with E-state index < -0.39 is 5.97 Å². The molecule has 0 aliphatic rings. The van der Waals surface area contributed by atoms with Crippen molar-refractivity contribution in [3.8, 4) is 11.5 Å². The van der Waals surface area contributed by atoms with Crippen LogP contribution in [0, 0.1) is 6.92 Å². The summed E-state index contributed by atoms with van der Waals surface area (Å²) in [5.74, 6) is 0.118. The topological polar surface area (TPSA) is 55.8 Å². The van der Waals surface area contributed by atoms with Gasteiger partial charge >= 0.3 is 5.97 Å². The van der Waals surface area contributed by atoms with Gasteiger partial charge in [0.05, 0.1) is 7.11 Å². The monoisotopic (exact) mass is 272 g/mol. The lowest BCUT2D eigenvalue weighted by molar-refractivity contribution is 0.0691. The molecule has 2 aromatic carbocycles. The Morgan fingerprint density at radius 3 is 2.60 bits per heavy atom.